The van der Waals surface area contributed by atoms with Gasteiger partial charge in [-0.25, -0.2) is 9.59 Å². The number of benzene rings is 2. The summed E-state index contributed by atoms with van der Waals surface area (Å²) in [5, 5.41) is 1.70. The fourth-order valence-corrected chi connectivity index (χ4v) is 3.84. The van der Waals surface area contributed by atoms with Crippen LogP contribution in [0.15, 0.2) is 63.8 Å². The van der Waals surface area contributed by atoms with Crippen molar-refractivity contribution in [1.29, 1.82) is 0 Å². The number of carbonyl (C=O) groups excluding carboxylic acids is 1. The molecule has 2 aromatic heterocycles. The standard InChI is InChI=1S/C18H9ClO4S/c19-16-11-6-2-4-8-14(11)24-17(16)18(21)23-13-9-15(20)22-12-7-3-1-5-10(12)13/h1-9H. The number of hydrogen-bond acceptors (Lipinski definition) is 5. The van der Waals surface area contributed by atoms with Crippen LogP contribution in [0.4, 0.5) is 0 Å². The van der Waals surface area contributed by atoms with E-state index in [1.54, 1.807) is 24.3 Å². The number of para-hydroxylation sites is 1. The molecule has 2 aromatic carbocycles. The molecule has 0 aliphatic rings. The highest BCUT2D eigenvalue weighted by molar-refractivity contribution is 7.21. The van der Waals surface area contributed by atoms with Crippen molar-refractivity contribution in [2.24, 2.45) is 0 Å². The second kappa shape index (κ2) is 5.78. The van der Waals surface area contributed by atoms with E-state index in [-0.39, 0.29) is 5.75 Å². The molecule has 0 aliphatic heterocycles. The van der Waals surface area contributed by atoms with Gasteiger partial charge in [0.1, 0.15) is 16.2 Å². The first kappa shape index (κ1) is 14.9. The molecule has 0 spiro atoms. The highest BCUT2D eigenvalue weighted by Crippen LogP contribution is 2.36. The van der Waals surface area contributed by atoms with E-state index < -0.39 is 11.6 Å². The summed E-state index contributed by atoms with van der Waals surface area (Å²) < 4.78 is 11.4. The monoisotopic (exact) mass is 356 g/mol. The third-order valence-electron chi connectivity index (χ3n) is 3.53. The second-order valence-corrected chi connectivity index (χ2v) is 6.49. The van der Waals surface area contributed by atoms with Crippen molar-refractivity contribution in [2.45, 2.75) is 0 Å². The maximum atomic E-state index is 12.5. The lowest BCUT2D eigenvalue weighted by Gasteiger charge is -2.05. The summed E-state index contributed by atoms with van der Waals surface area (Å²) in [5.74, 6) is -0.447. The maximum Gasteiger partial charge on any atom is 0.355 e. The largest absolute Gasteiger partial charge is 0.422 e. The van der Waals surface area contributed by atoms with E-state index in [2.05, 4.69) is 0 Å². The number of hydrogen-bond donors (Lipinski definition) is 0. The minimum atomic E-state index is -0.600. The van der Waals surface area contributed by atoms with Gasteiger partial charge in [-0.2, -0.15) is 0 Å². The average Bonchev–Trinajstić information content (AvgIpc) is 2.92. The zero-order valence-corrected chi connectivity index (χ0v) is 13.7. The summed E-state index contributed by atoms with van der Waals surface area (Å²) in [4.78, 5) is 24.5. The summed E-state index contributed by atoms with van der Waals surface area (Å²) in [6.45, 7) is 0. The van der Waals surface area contributed by atoms with E-state index in [0.717, 1.165) is 16.2 Å². The van der Waals surface area contributed by atoms with Crippen LogP contribution in [0.5, 0.6) is 5.75 Å². The fourth-order valence-electron chi connectivity index (χ4n) is 2.46. The molecule has 0 unspecified atom stereocenters. The second-order valence-electron chi connectivity index (χ2n) is 5.06. The topological polar surface area (TPSA) is 56.5 Å². The van der Waals surface area contributed by atoms with Crippen LogP contribution in [0, 0.1) is 0 Å². The minimum absolute atomic E-state index is 0.153. The molecule has 4 rings (SSSR count). The van der Waals surface area contributed by atoms with E-state index in [0.29, 0.717) is 20.9 Å². The van der Waals surface area contributed by atoms with Crippen molar-refractivity contribution in [3.05, 3.63) is 74.9 Å². The molecule has 118 valence electrons. The van der Waals surface area contributed by atoms with E-state index in [4.69, 9.17) is 20.8 Å². The zero-order valence-electron chi connectivity index (χ0n) is 12.1. The van der Waals surface area contributed by atoms with Crippen molar-refractivity contribution in [1.82, 2.24) is 0 Å². The Morgan fingerprint density at radius 2 is 1.75 bits per heavy atom. The van der Waals surface area contributed by atoms with Crippen molar-refractivity contribution < 1.29 is 13.9 Å². The molecule has 2 heterocycles. The van der Waals surface area contributed by atoms with Crippen LogP contribution in [0.2, 0.25) is 5.02 Å². The van der Waals surface area contributed by atoms with E-state index in [1.807, 2.05) is 24.3 Å². The Labute approximate surface area is 144 Å². The summed E-state index contributed by atoms with van der Waals surface area (Å²) in [7, 11) is 0. The Kier molecular flexibility index (Phi) is 3.59. The van der Waals surface area contributed by atoms with E-state index in [9.17, 15) is 9.59 Å². The first-order valence-corrected chi connectivity index (χ1v) is 8.25. The molecular weight excluding hydrogens is 348 g/mol. The lowest BCUT2D eigenvalue weighted by atomic mass is 10.2. The van der Waals surface area contributed by atoms with Crippen LogP contribution in [0.3, 0.4) is 0 Å². The quantitative estimate of drug-likeness (QED) is 0.379. The lowest BCUT2D eigenvalue weighted by Crippen LogP contribution is -2.09. The average molecular weight is 357 g/mol. The van der Waals surface area contributed by atoms with Crippen molar-refractivity contribution in [2.75, 3.05) is 0 Å². The molecule has 0 N–H and O–H groups in total. The van der Waals surface area contributed by atoms with Gasteiger partial charge in [-0.1, -0.05) is 41.9 Å². The molecule has 0 atom stereocenters. The lowest BCUT2D eigenvalue weighted by molar-refractivity contribution is 0.0742. The number of esters is 1. The predicted molar refractivity (Wildman–Crippen MR) is 94.3 cm³/mol. The molecule has 0 saturated carbocycles. The van der Waals surface area contributed by atoms with Gasteiger partial charge in [-0.3, -0.25) is 0 Å². The number of ether oxygens (including phenoxy) is 1. The minimum Gasteiger partial charge on any atom is -0.422 e. The first-order chi connectivity index (χ1) is 11.6. The molecule has 0 radical (unpaired) electrons. The van der Waals surface area contributed by atoms with Gasteiger partial charge in [0.05, 0.1) is 16.5 Å². The molecule has 24 heavy (non-hydrogen) atoms. The van der Waals surface area contributed by atoms with Crippen LogP contribution >= 0.6 is 22.9 Å². The van der Waals surface area contributed by atoms with Crippen LogP contribution < -0.4 is 10.4 Å². The molecule has 0 aliphatic carbocycles. The summed E-state index contributed by atoms with van der Waals surface area (Å²) in [6, 6.07) is 15.5. The van der Waals surface area contributed by atoms with Gasteiger partial charge in [0.2, 0.25) is 0 Å². The number of thiophene rings is 1. The number of halogens is 1. The fraction of sp³-hybridized carbons (Fsp3) is 0. The SMILES string of the molecule is O=C(Oc1cc(=O)oc2ccccc12)c1sc2ccccc2c1Cl. The van der Waals surface area contributed by atoms with Crippen LogP contribution in [0.25, 0.3) is 21.1 Å². The Bertz CT molecular complexity index is 1140. The molecule has 0 fully saturated rings. The molecule has 6 heteroatoms. The Morgan fingerprint density at radius 3 is 2.54 bits per heavy atom. The Hall–Kier alpha value is -2.63. The van der Waals surface area contributed by atoms with Gasteiger partial charge < -0.3 is 9.15 Å². The van der Waals surface area contributed by atoms with E-state index in [1.165, 1.54) is 11.3 Å². The van der Waals surface area contributed by atoms with Crippen LogP contribution in [0.1, 0.15) is 9.67 Å². The predicted octanol–water partition coefficient (Wildman–Crippen LogP) is 4.88. The van der Waals surface area contributed by atoms with Crippen molar-refractivity contribution in [3.8, 4) is 5.75 Å². The third-order valence-corrected chi connectivity index (χ3v) is 5.19. The van der Waals surface area contributed by atoms with Crippen molar-refractivity contribution >= 4 is 50.0 Å². The molecule has 0 saturated heterocycles. The molecule has 4 aromatic rings. The third kappa shape index (κ3) is 2.48. The number of carbonyl (C=O) groups is 1. The highest BCUT2D eigenvalue weighted by atomic mass is 35.5. The van der Waals surface area contributed by atoms with Gasteiger partial charge in [-0.05, 0) is 18.2 Å². The number of fused-ring (bicyclic) bond motifs is 2. The van der Waals surface area contributed by atoms with Gasteiger partial charge in [0.15, 0.2) is 0 Å². The first-order valence-electron chi connectivity index (χ1n) is 7.05. The van der Waals surface area contributed by atoms with E-state index >= 15 is 0 Å². The molecule has 0 amide bonds. The Balaban J connectivity index is 1.79. The van der Waals surface area contributed by atoms with Crippen LogP contribution in [-0.2, 0) is 0 Å². The highest BCUT2D eigenvalue weighted by Gasteiger charge is 2.20. The maximum absolute atomic E-state index is 12.5. The molecule has 4 nitrogen and oxygen atoms in total. The Morgan fingerprint density at radius 1 is 1.04 bits per heavy atom. The molecular formula is C18H9ClO4S. The summed E-state index contributed by atoms with van der Waals surface area (Å²) >= 11 is 7.55. The molecule has 0 bridgehead atoms. The summed E-state index contributed by atoms with van der Waals surface area (Å²) in [5.41, 5.74) is -0.228. The number of rotatable bonds is 2. The summed E-state index contributed by atoms with van der Waals surface area (Å²) in [6.07, 6.45) is 0. The van der Waals surface area contributed by atoms with Crippen molar-refractivity contribution in [3.63, 3.8) is 0 Å². The van der Waals surface area contributed by atoms with Gasteiger partial charge in [0, 0.05) is 10.1 Å². The zero-order chi connectivity index (χ0) is 16.7. The van der Waals surface area contributed by atoms with Gasteiger partial charge in [0.25, 0.3) is 0 Å². The van der Waals surface area contributed by atoms with Gasteiger partial charge in [-0.15, -0.1) is 11.3 Å². The smallest absolute Gasteiger partial charge is 0.355 e. The van der Waals surface area contributed by atoms with Gasteiger partial charge >= 0.3 is 11.6 Å². The van der Waals surface area contributed by atoms with Crippen LogP contribution in [-0.4, -0.2) is 5.97 Å². The normalized spacial score (nSPS) is 11.0.